The van der Waals surface area contributed by atoms with Crippen LogP contribution in [0.2, 0.25) is 0 Å². The summed E-state index contributed by atoms with van der Waals surface area (Å²) in [4.78, 5) is 28.0. The van der Waals surface area contributed by atoms with Gasteiger partial charge >= 0.3 is 0 Å². The van der Waals surface area contributed by atoms with E-state index < -0.39 is 17.7 Å². The smallest absolute Gasteiger partial charge is 0.295 e. The van der Waals surface area contributed by atoms with Gasteiger partial charge in [-0.3, -0.25) is 9.59 Å². The Morgan fingerprint density at radius 3 is 2.43 bits per heavy atom. The molecular weight excluding hydrogens is 442 g/mol. The molecule has 6 nitrogen and oxygen atoms in total. The number of aliphatic hydroxyl groups is 1. The first-order chi connectivity index (χ1) is 16.6. The Bertz CT molecular complexity index is 1110. The first kappa shape index (κ1) is 26.3. The van der Waals surface area contributed by atoms with Crippen molar-refractivity contribution >= 4 is 17.4 Å². The monoisotopic (exact) mass is 479 g/mol. The molecule has 3 rings (SSSR count). The molecule has 1 aliphatic rings. The van der Waals surface area contributed by atoms with E-state index in [0.29, 0.717) is 24.5 Å². The quantitative estimate of drug-likeness (QED) is 0.206. The Morgan fingerprint density at radius 2 is 1.80 bits per heavy atom. The summed E-state index contributed by atoms with van der Waals surface area (Å²) in [5.74, 6) is -0.0724. The Kier molecular flexibility index (Phi) is 8.26. The van der Waals surface area contributed by atoms with Crippen LogP contribution in [0.1, 0.15) is 76.6 Å². The fourth-order valence-electron chi connectivity index (χ4n) is 4.50. The molecule has 1 N–H and O–H groups in total. The van der Waals surface area contributed by atoms with Gasteiger partial charge in [0, 0.05) is 17.7 Å². The van der Waals surface area contributed by atoms with Crippen LogP contribution < -0.4 is 9.47 Å². The van der Waals surface area contributed by atoms with Crippen LogP contribution in [0.25, 0.3) is 5.76 Å². The first-order valence-electron chi connectivity index (χ1n) is 12.3. The molecule has 0 aromatic heterocycles. The third kappa shape index (κ3) is 5.53. The third-order valence-electron chi connectivity index (χ3n) is 6.31. The van der Waals surface area contributed by atoms with E-state index in [1.807, 2.05) is 43.3 Å². The maximum atomic E-state index is 13.3. The highest BCUT2D eigenvalue weighted by molar-refractivity contribution is 6.46. The summed E-state index contributed by atoms with van der Waals surface area (Å²) in [6.45, 7) is 11.2. The van der Waals surface area contributed by atoms with Crippen LogP contribution in [0.5, 0.6) is 11.5 Å². The summed E-state index contributed by atoms with van der Waals surface area (Å²) in [7, 11) is 1.57. The van der Waals surface area contributed by atoms with Gasteiger partial charge in [-0.25, -0.2) is 0 Å². The summed E-state index contributed by atoms with van der Waals surface area (Å²) in [5.41, 5.74) is 1.97. The van der Waals surface area contributed by atoms with Crippen molar-refractivity contribution in [3.8, 4) is 11.5 Å². The highest BCUT2D eigenvalue weighted by Crippen LogP contribution is 2.41. The number of methoxy groups -OCH3 is 1. The summed E-state index contributed by atoms with van der Waals surface area (Å²) in [5, 5.41) is 11.5. The van der Waals surface area contributed by atoms with Crippen LogP contribution in [-0.2, 0) is 15.0 Å². The minimum Gasteiger partial charge on any atom is -0.507 e. The Balaban J connectivity index is 2.19. The second-order valence-corrected chi connectivity index (χ2v) is 9.87. The predicted octanol–water partition coefficient (Wildman–Crippen LogP) is 6.00. The van der Waals surface area contributed by atoms with Gasteiger partial charge in [-0.05, 0) is 54.7 Å². The molecule has 0 aliphatic carbocycles. The van der Waals surface area contributed by atoms with Gasteiger partial charge in [-0.1, -0.05) is 52.7 Å². The lowest BCUT2D eigenvalue weighted by atomic mass is 9.84. The molecule has 1 heterocycles. The van der Waals surface area contributed by atoms with Crippen molar-refractivity contribution in [1.82, 2.24) is 4.90 Å². The normalized spacial score (nSPS) is 17.7. The van der Waals surface area contributed by atoms with Crippen LogP contribution in [-0.4, -0.2) is 42.0 Å². The van der Waals surface area contributed by atoms with Gasteiger partial charge in [0.05, 0.1) is 25.3 Å². The van der Waals surface area contributed by atoms with Gasteiger partial charge < -0.3 is 19.5 Å². The number of carbonyl (C=O) groups excluding carboxylic acids is 2. The number of aliphatic hydroxyl groups excluding tert-OH is 1. The zero-order chi connectivity index (χ0) is 25.8. The molecule has 2 aromatic carbocycles. The molecule has 0 saturated carbocycles. The van der Waals surface area contributed by atoms with Crippen molar-refractivity contribution in [3.63, 3.8) is 0 Å². The van der Waals surface area contributed by atoms with Crippen LogP contribution in [0.4, 0.5) is 0 Å². The molecule has 0 radical (unpaired) electrons. The maximum Gasteiger partial charge on any atom is 0.295 e. The molecule has 1 fully saturated rings. The van der Waals surface area contributed by atoms with E-state index in [1.165, 1.54) is 0 Å². The molecule has 0 bridgehead atoms. The number of Topliss-reactive ketones (excluding diaryl/α,β-unsaturated/α-hetero) is 1. The number of ether oxygens (including phenoxy) is 2. The fraction of sp³-hybridized carbons (Fsp3) is 0.448. The van der Waals surface area contributed by atoms with E-state index in [1.54, 1.807) is 18.1 Å². The molecule has 6 heteroatoms. The second-order valence-electron chi connectivity index (χ2n) is 9.87. The lowest BCUT2D eigenvalue weighted by molar-refractivity contribution is -0.139. The van der Waals surface area contributed by atoms with Crippen molar-refractivity contribution < 1.29 is 24.2 Å². The number of ketones is 1. The number of hydrogen-bond acceptors (Lipinski definition) is 5. The highest BCUT2D eigenvalue weighted by Gasteiger charge is 2.46. The zero-order valence-electron chi connectivity index (χ0n) is 21.7. The summed E-state index contributed by atoms with van der Waals surface area (Å²) < 4.78 is 11.2. The van der Waals surface area contributed by atoms with Gasteiger partial charge in [0.25, 0.3) is 11.7 Å². The van der Waals surface area contributed by atoms with Crippen LogP contribution in [0, 0.1) is 0 Å². The van der Waals surface area contributed by atoms with Gasteiger partial charge in [0.1, 0.15) is 17.3 Å². The van der Waals surface area contributed by atoms with E-state index in [0.717, 1.165) is 36.1 Å². The van der Waals surface area contributed by atoms with Crippen LogP contribution in [0.3, 0.4) is 0 Å². The molecule has 1 saturated heterocycles. The number of carbonyl (C=O) groups is 2. The van der Waals surface area contributed by atoms with Crippen molar-refractivity contribution in [2.45, 2.75) is 65.3 Å². The average molecular weight is 480 g/mol. The number of benzene rings is 2. The van der Waals surface area contributed by atoms with E-state index in [2.05, 4.69) is 27.7 Å². The first-order valence-corrected chi connectivity index (χ1v) is 12.3. The minimum absolute atomic E-state index is 0.101. The van der Waals surface area contributed by atoms with Crippen molar-refractivity contribution in [2.75, 3.05) is 20.3 Å². The highest BCUT2D eigenvalue weighted by atomic mass is 16.5. The lowest BCUT2D eigenvalue weighted by Crippen LogP contribution is -2.30. The number of unbranched alkanes of at least 4 members (excludes halogenated alkanes) is 2. The van der Waals surface area contributed by atoms with Crippen molar-refractivity contribution in [3.05, 3.63) is 64.7 Å². The van der Waals surface area contributed by atoms with Gasteiger partial charge in [0.15, 0.2) is 0 Å². The van der Waals surface area contributed by atoms with Crippen LogP contribution in [0.15, 0.2) is 48.0 Å². The molecule has 1 aliphatic heterocycles. The molecule has 188 valence electrons. The van der Waals surface area contributed by atoms with E-state index >= 15 is 0 Å². The van der Waals surface area contributed by atoms with Gasteiger partial charge in [-0.2, -0.15) is 0 Å². The number of likely N-dealkylation sites (tertiary alicyclic amines) is 1. The largest absolute Gasteiger partial charge is 0.507 e. The standard InChI is InChI=1S/C29H37NO5/c1-7-9-10-16-30-25(19-12-11-13-21(17-19)34-6)24(27(32)28(30)33)26(31)20-14-15-23(35-8-2)22(18-20)29(3,4)5/h11-15,17-18,25,31H,7-10,16H2,1-6H3/b26-24-. The van der Waals surface area contributed by atoms with E-state index in [9.17, 15) is 14.7 Å². The Labute approximate surface area is 208 Å². The predicted molar refractivity (Wildman–Crippen MR) is 138 cm³/mol. The summed E-state index contributed by atoms with van der Waals surface area (Å²) in [6.07, 6.45) is 2.72. The summed E-state index contributed by atoms with van der Waals surface area (Å²) >= 11 is 0. The average Bonchev–Trinajstić information content (AvgIpc) is 3.08. The second kappa shape index (κ2) is 11.0. The molecule has 1 unspecified atom stereocenters. The SMILES string of the molecule is CCCCCN1C(=O)C(=O)/C(=C(\O)c2ccc(OCC)c(C(C)(C)C)c2)C1c1cccc(OC)c1. The third-order valence-corrected chi connectivity index (χ3v) is 6.31. The van der Waals surface area contributed by atoms with Gasteiger partial charge in [-0.15, -0.1) is 0 Å². The molecule has 1 atom stereocenters. The fourth-order valence-corrected chi connectivity index (χ4v) is 4.50. The molecule has 35 heavy (non-hydrogen) atoms. The Hall–Kier alpha value is -3.28. The minimum atomic E-state index is -0.688. The van der Waals surface area contributed by atoms with E-state index in [-0.39, 0.29) is 16.7 Å². The summed E-state index contributed by atoms with van der Waals surface area (Å²) in [6, 6.07) is 12.0. The van der Waals surface area contributed by atoms with Crippen molar-refractivity contribution in [1.29, 1.82) is 0 Å². The molecule has 0 spiro atoms. The lowest BCUT2D eigenvalue weighted by Gasteiger charge is -2.26. The molecule has 2 aromatic rings. The van der Waals surface area contributed by atoms with Gasteiger partial charge in [0.2, 0.25) is 0 Å². The Morgan fingerprint density at radius 1 is 1.06 bits per heavy atom. The van der Waals surface area contributed by atoms with Crippen LogP contribution >= 0.6 is 0 Å². The zero-order valence-corrected chi connectivity index (χ0v) is 21.7. The van der Waals surface area contributed by atoms with E-state index in [4.69, 9.17) is 9.47 Å². The molecular formula is C29H37NO5. The number of amides is 1. The van der Waals surface area contributed by atoms with Crippen molar-refractivity contribution in [2.24, 2.45) is 0 Å². The topological polar surface area (TPSA) is 76.1 Å². The number of hydrogen-bond donors (Lipinski definition) is 1. The number of nitrogens with zero attached hydrogens (tertiary/aromatic N) is 1. The molecule has 1 amide bonds. The maximum absolute atomic E-state index is 13.3. The number of rotatable bonds is 9.